The van der Waals surface area contributed by atoms with Crippen molar-refractivity contribution >= 4 is 31.4 Å². The third-order valence-corrected chi connectivity index (χ3v) is 9.87. The maximum Gasteiger partial charge on any atom is 0.250 e. The van der Waals surface area contributed by atoms with E-state index in [9.17, 15) is 16.8 Å². The molecule has 9 heteroatoms. The van der Waals surface area contributed by atoms with Crippen LogP contribution in [0.25, 0.3) is 0 Å². The highest BCUT2D eigenvalue weighted by Gasteiger charge is 2.33. The Morgan fingerprint density at radius 2 is 1.75 bits per heavy atom. The van der Waals surface area contributed by atoms with Crippen LogP contribution in [0.3, 0.4) is 0 Å². The normalized spacial score (nSPS) is 19.0. The molecule has 0 radical (unpaired) electrons. The zero-order valence-corrected chi connectivity index (χ0v) is 18.5. The van der Waals surface area contributed by atoms with Gasteiger partial charge in [0.15, 0.2) is 0 Å². The topological polar surface area (TPSA) is 83.6 Å². The molecule has 2 aromatic rings. The average molecular weight is 443 g/mol. The fraction of sp³-hybridized carbons (Fsp3) is 0.474. The highest BCUT2D eigenvalue weighted by Crippen LogP contribution is 2.27. The maximum atomic E-state index is 13.1. The number of rotatable bonds is 7. The van der Waals surface area contributed by atoms with Gasteiger partial charge in [-0.1, -0.05) is 24.1 Å². The molecule has 0 aliphatic carbocycles. The number of nitrogens with one attached hydrogen (secondary N) is 1. The zero-order valence-electron chi connectivity index (χ0n) is 16.1. The van der Waals surface area contributed by atoms with Crippen LogP contribution in [0.15, 0.2) is 45.5 Å². The van der Waals surface area contributed by atoms with E-state index < -0.39 is 20.0 Å². The highest BCUT2D eigenvalue weighted by molar-refractivity contribution is 7.91. The Balaban J connectivity index is 1.69. The van der Waals surface area contributed by atoms with Crippen molar-refractivity contribution in [3.63, 3.8) is 0 Å². The summed E-state index contributed by atoms with van der Waals surface area (Å²) in [4.78, 5) is 1.22. The van der Waals surface area contributed by atoms with Crippen LogP contribution in [-0.2, 0) is 20.0 Å². The molecule has 1 fully saturated rings. The van der Waals surface area contributed by atoms with Crippen LogP contribution in [0, 0.1) is 13.8 Å². The van der Waals surface area contributed by atoms with Gasteiger partial charge in [0.1, 0.15) is 4.21 Å². The Bertz CT molecular complexity index is 1010. The minimum Gasteiger partial charge on any atom is -0.210 e. The number of thiophene rings is 1. The van der Waals surface area contributed by atoms with E-state index >= 15 is 0 Å². The molecule has 0 spiro atoms. The predicted octanol–water partition coefficient (Wildman–Crippen LogP) is 3.28. The molecule has 1 unspecified atom stereocenters. The first-order valence-corrected chi connectivity index (χ1v) is 13.1. The SMILES string of the molecule is Cc1ccc(S(=O)(=O)N2CCCCC2CCNS(=O)(=O)c2ccc(C)s2)cc1. The van der Waals surface area contributed by atoms with E-state index in [0.29, 0.717) is 17.9 Å². The largest absolute Gasteiger partial charge is 0.250 e. The van der Waals surface area contributed by atoms with Gasteiger partial charge in [0.05, 0.1) is 4.90 Å². The molecule has 0 amide bonds. The minimum atomic E-state index is -3.58. The van der Waals surface area contributed by atoms with Gasteiger partial charge in [-0.15, -0.1) is 11.3 Å². The molecule has 0 saturated carbocycles. The van der Waals surface area contributed by atoms with Crippen molar-refractivity contribution in [3.05, 3.63) is 46.8 Å². The van der Waals surface area contributed by atoms with Crippen LogP contribution in [-0.4, -0.2) is 40.3 Å². The Labute approximate surface area is 171 Å². The maximum absolute atomic E-state index is 13.1. The quantitative estimate of drug-likeness (QED) is 0.713. The number of sulfonamides is 2. The molecule has 1 aromatic heterocycles. The number of aryl methyl sites for hydroxylation is 2. The van der Waals surface area contributed by atoms with E-state index in [4.69, 9.17) is 0 Å². The molecule has 1 aliphatic heterocycles. The molecular formula is C19H26N2O4S3. The van der Waals surface area contributed by atoms with Gasteiger partial charge in [-0.2, -0.15) is 4.31 Å². The molecule has 2 heterocycles. The summed E-state index contributed by atoms with van der Waals surface area (Å²) in [5, 5.41) is 0. The fourth-order valence-electron chi connectivity index (χ4n) is 3.41. The first-order chi connectivity index (χ1) is 13.2. The number of nitrogens with zero attached hydrogens (tertiary/aromatic N) is 1. The van der Waals surface area contributed by atoms with Gasteiger partial charge in [-0.3, -0.25) is 0 Å². The first-order valence-electron chi connectivity index (χ1n) is 9.35. The summed E-state index contributed by atoms with van der Waals surface area (Å²) >= 11 is 1.23. The van der Waals surface area contributed by atoms with Crippen LogP contribution < -0.4 is 4.72 Å². The molecule has 0 bridgehead atoms. The van der Waals surface area contributed by atoms with Gasteiger partial charge < -0.3 is 0 Å². The van der Waals surface area contributed by atoms with Crippen molar-refractivity contribution < 1.29 is 16.8 Å². The van der Waals surface area contributed by atoms with Crippen LogP contribution in [0.1, 0.15) is 36.1 Å². The molecule has 1 atom stereocenters. The number of piperidine rings is 1. The second-order valence-electron chi connectivity index (χ2n) is 7.13. The summed E-state index contributed by atoms with van der Waals surface area (Å²) in [7, 11) is -7.13. The van der Waals surface area contributed by atoms with Crippen molar-refractivity contribution in [1.82, 2.24) is 9.03 Å². The average Bonchev–Trinajstić information content (AvgIpc) is 3.10. The molecule has 1 saturated heterocycles. The van der Waals surface area contributed by atoms with E-state index in [1.54, 1.807) is 40.7 Å². The molecular weight excluding hydrogens is 416 g/mol. The van der Waals surface area contributed by atoms with Crippen LogP contribution in [0.5, 0.6) is 0 Å². The van der Waals surface area contributed by atoms with Crippen LogP contribution in [0.4, 0.5) is 0 Å². The van der Waals surface area contributed by atoms with Gasteiger partial charge in [0.25, 0.3) is 0 Å². The molecule has 6 nitrogen and oxygen atoms in total. The lowest BCUT2D eigenvalue weighted by atomic mass is 10.0. The highest BCUT2D eigenvalue weighted by atomic mass is 32.2. The molecule has 3 rings (SSSR count). The first kappa shape index (κ1) is 21.4. The third kappa shape index (κ3) is 4.83. The lowest BCUT2D eigenvalue weighted by molar-refractivity contribution is 0.242. The van der Waals surface area contributed by atoms with Crippen molar-refractivity contribution in [1.29, 1.82) is 0 Å². The summed E-state index contributed by atoms with van der Waals surface area (Å²) in [5.74, 6) is 0. The van der Waals surface area contributed by atoms with Gasteiger partial charge in [-0.25, -0.2) is 21.6 Å². The van der Waals surface area contributed by atoms with Crippen LogP contribution >= 0.6 is 11.3 Å². The third-order valence-electron chi connectivity index (χ3n) is 4.95. The molecule has 1 N–H and O–H groups in total. The van der Waals surface area contributed by atoms with Crippen molar-refractivity contribution in [2.24, 2.45) is 0 Å². The summed E-state index contributed by atoms with van der Waals surface area (Å²) in [6.45, 7) is 4.46. The second kappa shape index (κ2) is 8.62. The molecule has 1 aliphatic rings. The minimum absolute atomic E-state index is 0.201. The summed E-state index contributed by atoms with van der Waals surface area (Å²) < 4.78 is 55.4. The fourth-order valence-corrected chi connectivity index (χ4v) is 7.51. The Morgan fingerprint density at radius 1 is 1.04 bits per heavy atom. The summed E-state index contributed by atoms with van der Waals surface area (Å²) in [5.41, 5.74) is 1.01. The van der Waals surface area contributed by atoms with Crippen molar-refractivity contribution in [2.75, 3.05) is 13.1 Å². The summed E-state index contributed by atoms with van der Waals surface area (Å²) in [6, 6.07) is 10.0. The van der Waals surface area contributed by atoms with E-state index in [-0.39, 0.29) is 16.8 Å². The predicted molar refractivity (Wildman–Crippen MR) is 112 cm³/mol. The van der Waals surface area contributed by atoms with Gasteiger partial charge >= 0.3 is 0 Å². The summed E-state index contributed by atoms with van der Waals surface area (Å²) in [6.07, 6.45) is 2.96. The van der Waals surface area contributed by atoms with E-state index in [2.05, 4.69) is 4.72 Å². The smallest absolute Gasteiger partial charge is 0.210 e. The monoisotopic (exact) mass is 442 g/mol. The van der Waals surface area contributed by atoms with Gasteiger partial charge in [-0.05, 0) is 57.4 Å². The zero-order chi connectivity index (χ0) is 20.4. The number of benzene rings is 1. The van der Waals surface area contributed by atoms with E-state index in [1.165, 1.54) is 11.3 Å². The van der Waals surface area contributed by atoms with Crippen molar-refractivity contribution in [2.45, 2.75) is 54.7 Å². The van der Waals surface area contributed by atoms with E-state index in [0.717, 1.165) is 29.7 Å². The van der Waals surface area contributed by atoms with Gasteiger partial charge in [0, 0.05) is 24.0 Å². The van der Waals surface area contributed by atoms with Gasteiger partial charge in [0.2, 0.25) is 20.0 Å². The standard InChI is InChI=1S/C19H26N2O4S3/c1-15-6-9-18(10-7-15)28(24,25)21-14-4-3-5-17(21)12-13-20-27(22,23)19-11-8-16(2)26-19/h6-11,17,20H,3-5,12-14H2,1-2H3. The van der Waals surface area contributed by atoms with Crippen LogP contribution in [0.2, 0.25) is 0 Å². The Morgan fingerprint density at radius 3 is 2.39 bits per heavy atom. The lowest BCUT2D eigenvalue weighted by Crippen LogP contribution is -2.45. The second-order valence-corrected chi connectivity index (χ2v) is 12.3. The Hall–Kier alpha value is -1.26. The number of hydrogen-bond donors (Lipinski definition) is 1. The lowest BCUT2D eigenvalue weighted by Gasteiger charge is -2.34. The molecule has 1 aromatic carbocycles. The van der Waals surface area contributed by atoms with E-state index in [1.807, 2.05) is 13.8 Å². The van der Waals surface area contributed by atoms with Crippen molar-refractivity contribution in [3.8, 4) is 0 Å². The molecule has 28 heavy (non-hydrogen) atoms. The molecule has 154 valence electrons. The number of hydrogen-bond acceptors (Lipinski definition) is 5. The Kier molecular flexibility index (Phi) is 6.61.